The number of likely N-dealkylation sites (tertiary alicyclic amines) is 1. The van der Waals surface area contributed by atoms with Crippen molar-refractivity contribution in [1.82, 2.24) is 10.2 Å². The Labute approximate surface area is 171 Å². The monoisotopic (exact) mass is 412 g/mol. The van der Waals surface area contributed by atoms with Crippen LogP contribution < -0.4 is 10.1 Å². The number of methoxy groups -OCH3 is 1. The van der Waals surface area contributed by atoms with Gasteiger partial charge >= 0.3 is 5.97 Å². The Bertz CT molecular complexity index is 669. The molecule has 2 atom stereocenters. The molecule has 1 aromatic carbocycles. The molecule has 0 aromatic heterocycles. The first-order valence-corrected chi connectivity index (χ1v) is 9.46. The smallest absolute Gasteiger partial charge is 0.311 e. The number of amides is 1. The zero-order chi connectivity index (χ0) is 19.3. The number of carboxylic acid groups (broad SMARTS) is 1. The molecule has 1 aromatic rings. The third-order valence-electron chi connectivity index (χ3n) is 5.70. The molecule has 7 nitrogen and oxygen atoms in total. The van der Waals surface area contributed by atoms with Gasteiger partial charge in [-0.1, -0.05) is 18.6 Å². The van der Waals surface area contributed by atoms with Crippen LogP contribution in [0.15, 0.2) is 24.3 Å². The Hall–Kier alpha value is -1.83. The van der Waals surface area contributed by atoms with Crippen LogP contribution in [-0.4, -0.2) is 61.8 Å². The second-order valence-corrected chi connectivity index (χ2v) is 7.48. The molecule has 28 heavy (non-hydrogen) atoms. The lowest BCUT2D eigenvalue weighted by Gasteiger charge is -2.23. The number of nitrogens with zero attached hydrogens (tertiary/aromatic N) is 1. The summed E-state index contributed by atoms with van der Waals surface area (Å²) >= 11 is 0. The van der Waals surface area contributed by atoms with Crippen LogP contribution in [0.25, 0.3) is 0 Å². The highest BCUT2D eigenvalue weighted by Gasteiger charge is 2.54. The largest absolute Gasteiger partial charge is 0.491 e. The van der Waals surface area contributed by atoms with Gasteiger partial charge in [0.15, 0.2) is 0 Å². The summed E-state index contributed by atoms with van der Waals surface area (Å²) in [6.45, 7) is 2.92. The summed E-state index contributed by atoms with van der Waals surface area (Å²) in [7, 11) is 1.63. The molecule has 0 radical (unpaired) electrons. The molecule has 0 unspecified atom stereocenters. The van der Waals surface area contributed by atoms with Crippen molar-refractivity contribution in [2.24, 2.45) is 11.3 Å². The van der Waals surface area contributed by atoms with Crippen LogP contribution in [0.4, 0.5) is 0 Å². The number of aliphatic carboxylic acids is 1. The first-order chi connectivity index (χ1) is 13.0. The highest BCUT2D eigenvalue weighted by molar-refractivity contribution is 5.85. The van der Waals surface area contributed by atoms with Crippen LogP contribution in [0.3, 0.4) is 0 Å². The van der Waals surface area contributed by atoms with Gasteiger partial charge in [0.1, 0.15) is 12.4 Å². The fraction of sp³-hybridized carbons (Fsp3) is 0.600. The van der Waals surface area contributed by atoms with E-state index in [0.29, 0.717) is 32.8 Å². The van der Waals surface area contributed by atoms with Crippen molar-refractivity contribution in [1.29, 1.82) is 0 Å². The van der Waals surface area contributed by atoms with Crippen LogP contribution in [0, 0.1) is 11.3 Å². The van der Waals surface area contributed by atoms with Gasteiger partial charge in [-0.2, -0.15) is 0 Å². The SMILES string of the molecule is COCCOc1ccc(CNC(=O)CN2C[C@@H]3CCC[C@@]3(C(=O)O)C2)cc1.Cl. The molecule has 0 bridgehead atoms. The highest BCUT2D eigenvalue weighted by Crippen LogP contribution is 2.48. The van der Waals surface area contributed by atoms with E-state index in [9.17, 15) is 14.7 Å². The Morgan fingerprint density at radius 2 is 2.04 bits per heavy atom. The normalized spacial score (nSPS) is 23.7. The van der Waals surface area contributed by atoms with Crippen molar-refractivity contribution in [2.75, 3.05) is 40.0 Å². The van der Waals surface area contributed by atoms with Crippen molar-refractivity contribution in [2.45, 2.75) is 25.8 Å². The molecule has 0 spiro atoms. The maximum atomic E-state index is 12.3. The highest BCUT2D eigenvalue weighted by atomic mass is 35.5. The molecule has 8 heteroatoms. The van der Waals surface area contributed by atoms with E-state index in [1.165, 1.54) is 0 Å². The van der Waals surface area contributed by atoms with E-state index in [1.54, 1.807) is 7.11 Å². The topological polar surface area (TPSA) is 88.1 Å². The van der Waals surface area contributed by atoms with Crippen LogP contribution in [0.5, 0.6) is 5.75 Å². The van der Waals surface area contributed by atoms with Crippen LogP contribution >= 0.6 is 12.4 Å². The number of fused-ring (bicyclic) bond motifs is 1. The zero-order valence-electron chi connectivity index (χ0n) is 16.2. The van der Waals surface area contributed by atoms with Gasteiger partial charge in [-0.15, -0.1) is 12.4 Å². The Kier molecular flexibility index (Phi) is 8.10. The first kappa shape index (κ1) is 22.5. The van der Waals surface area contributed by atoms with Crippen LogP contribution in [0.1, 0.15) is 24.8 Å². The first-order valence-electron chi connectivity index (χ1n) is 9.46. The molecular formula is C20H29ClN2O5. The van der Waals surface area contributed by atoms with Crippen molar-refractivity contribution in [3.63, 3.8) is 0 Å². The van der Waals surface area contributed by atoms with Crippen molar-refractivity contribution in [3.8, 4) is 5.75 Å². The number of hydrogen-bond acceptors (Lipinski definition) is 5. The van der Waals surface area contributed by atoms with E-state index in [-0.39, 0.29) is 30.8 Å². The lowest BCUT2D eigenvalue weighted by molar-refractivity contribution is -0.149. The van der Waals surface area contributed by atoms with Gasteiger partial charge in [0.25, 0.3) is 0 Å². The molecule has 1 saturated heterocycles. The summed E-state index contributed by atoms with van der Waals surface area (Å²) in [5.74, 6) is 0.162. The van der Waals surface area contributed by atoms with Crippen molar-refractivity contribution in [3.05, 3.63) is 29.8 Å². The Morgan fingerprint density at radius 3 is 2.68 bits per heavy atom. The average molecular weight is 413 g/mol. The standard InChI is InChI=1S/C20H28N2O5.ClH/c1-26-9-10-27-17-6-4-15(5-7-17)11-21-18(23)13-22-12-16-3-2-8-20(16,14-22)19(24)25;/h4-7,16H,2-3,8-14H2,1H3,(H,21,23)(H,24,25);1H/t16-,20+;/m0./s1. The summed E-state index contributed by atoms with van der Waals surface area (Å²) in [6.07, 6.45) is 2.65. The molecule has 2 aliphatic rings. The third kappa shape index (κ3) is 5.16. The van der Waals surface area contributed by atoms with E-state index in [4.69, 9.17) is 9.47 Å². The minimum atomic E-state index is -0.708. The maximum Gasteiger partial charge on any atom is 0.311 e. The van der Waals surface area contributed by atoms with Crippen LogP contribution in [-0.2, 0) is 20.9 Å². The quantitative estimate of drug-likeness (QED) is 0.602. The molecule has 1 amide bonds. The summed E-state index contributed by atoms with van der Waals surface area (Å²) in [6, 6.07) is 7.58. The zero-order valence-corrected chi connectivity index (χ0v) is 17.0. The molecule has 1 aliphatic heterocycles. The second kappa shape index (κ2) is 10.1. The van der Waals surface area contributed by atoms with Crippen LogP contribution in [0.2, 0.25) is 0 Å². The van der Waals surface area contributed by atoms with E-state index < -0.39 is 11.4 Å². The fourth-order valence-corrected chi connectivity index (χ4v) is 4.27. The van der Waals surface area contributed by atoms with Crippen molar-refractivity contribution < 1.29 is 24.2 Å². The second-order valence-electron chi connectivity index (χ2n) is 7.48. The summed E-state index contributed by atoms with van der Waals surface area (Å²) < 4.78 is 10.5. The molecule has 1 aliphatic carbocycles. The van der Waals surface area contributed by atoms with E-state index in [1.807, 2.05) is 29.2 Å². The van der Waals surface area contributed by atoms with E-state index >= 15 is 0 Å². The molecule has 1 saturated carbocycles. The van der Waals surface area contributed by atoms with Gasteiger partial charge in [0, 0.05) is 26.7 Å². The summed E-state index contributed by atoms with van der Waals surface area (Å²) in [5, 5.41) is 12.5. The number of rotatable bonds is 9. The number of ether oxygens (including phenoxy) is 2. The molecule has 156 valence electrons. The maximum absolute atomic E-state index is 12.3. The predicted octanol–water partition coefficient (Wildman–Crippen LogP) is 1.94. The minimum Gasteiger partial charge on any atom is -0.491 e. The third-order valence-corrected chi connectivity index (χ3v) is 5.70. The predicted molar refractivity (Wildman–Crippen MR) is 107 cm³/mol. The Morgan fingerprint density at radius 1 is 1.29 bits per heavy atom. The molecule has 1 heterocycles. The van der Waals surface area contributed by atoms with Gasteiger partial charge in [0.05, 0.1) is 18.6 Å². The lowest BCUT2D eigenvalue weighted by Crippen LogP contribution is -2.39. The van der Waals surface area contributed by atoms with Crippen molar-refractivity contribution >= 4 is 24.3 Å². The molecular weight excluding hydrogens is 384 g/mol. The number of hydrogen-bond donors (Lipinski definition) is 2. The minimum absolute atomic E-state index is 0. The fourth-order valence-electron chi connectivity index (χ4n) is 4.27. The summed E-state index contributed by atoms with van der Waals surface area (Å²) in [5.41, 5.74) is 0.349. The van der Waals surface area contributed by atoms with Gasteiger partial charge in [0.2, 0.25) is 5.91 Å². The molecule has 2 N–H and O–H groups in total. The Balaban J connectivity index is 0.00000280. The number of halogens is 1. The number of benzene rings is 1. The van der Waals surface area contributed by atoms with Gasteiger partial charge in [-0.05, 0) is 36.5 Å². The van der Waals surface area contributed by atoms with E-state index in [0.717, 1.165) is 30.6 Å². The number of carbonyl (C=O) groups is 2. The number of carbonyl (C=O) groups excluding carboxylic acids is 1. The van der Waals surface area contributed by atoms with Gasteiger partial charge in [-0.25, -0.2) is 0 Å². The lowest BCUT2D eigenvalue weighted by atomic mass is 9.81. The average Bonchev–Trinajstić information content (AvgIpc) is 3.19. The van der Waals surface area contributed by atoms with E-state index in [2.05, 4.69) is 5.32 Å². The number of nitrogens with one attached hydrogen (secondary N) is 1. The van der Waals surface area contributed by atoms with Gasteiger partial charge in [-0.3, -0.25) is 14.5 Å². The van der Waals surface area contributed by atoms with Gasteiger partial charge < -0.3 is 19.9 Å². The summed E-state index contributed by atoms with van der Waals surface area (Å²) in [4.78, 5) is 26.0. The number of carboxylic acids is 1. The molecule has 3 rings (SSSR count). The molecule has 2 fully saturated rings.